The van der Waals surface area contributed by atoms with Crippen LogP contribution in [0.4, 0.5) is 5.69 Å². The Kier molecular flexibility index (Phi) is 7.31. The van der Waals surface area contributed by atoms with E-state index in [0.717, 1.165) is 5.56 Å². The Hall–Kier alpha value is -4.01. The van der Waals surface area contributed by atoms with Crippen LogP contribution in [0.3, 0.4) is 0 Å². The van der Waals surface area contributed by atoms with Crippen molar-refractivity contribution in [1.29, 1.82) is 0 Å². The molecule has 0 aliphatic carbocycles. The van der Waals surface area contributed by atoms with Gasteiger partial charge in [-0.25, -0.2) is 0 Å². The predicted molar refractivity (Wildman–Crippen MR) is 126 cm³/mol. The molecule has 0 atom stereocenters. The Balaban J connectivity index is 1.29. The number of piperidine rings is 1. The fourth-order valence-electron chi connectivity index (χ4n) is 3.84. The molecule has 0 saturated carbocycles. The lowest BCUT2D eigenvalue weighted by atomic mass is 9.96. The largest absolute Gasteiger partial charge is 0.343 e. The summed E-state index contributed by atoms with van der Waals surface area (Å²) in [7, 11) is 0. The molecule has 34 heavy (non-hydrogen) atoms. The molecule has 1 saturated heterocycles. The summed E-state index contributed by atoms with van der Waals surface area (Å²) in [4.78, 5) is 42.6. The number of amides is 3. The fraction of sp³-hybridized carbons (Fsp3) is 0.320. The summed E-state index contributed by atoms with van der Waals surface area (Å²) < 4.78 is 5.52. The molecule has 3 amide bonds. The third-order valence-corrected chi connectivity index (χ3v) is 5.80. The highest BCUT2D eigenvalue weighted by atomic mass is 16.5. The highest BCUT2D eigenvalue weighted by Gasteiger charge is 2.28. The first-order chi connectivity index (χ1) is 16.5. The molecule has 1 aliphatic heterocycles. The summed E-state index contributed by atoms with van der Waals surface area (Å²) in [6.07, 6.45) is 1.80. The molecule has 9 nitrogen and oxygen atoms in total. The van der Waals surface area contributed by atoms with Crippen LogP contribution in [-0.4, -0.2) is 52.4 Å². The molecule has 0 spiro atoms. The molecule has 9 heteroatoms. The van der Waals surface area contributed by atoms with Crippen LogP contribution in [0.15, 0.2) is 59.1 Å². The fourth-order valence-corrected chi connectivity index (χ4v) is 3.84. The van der Waals surface area contributed by atoms with Crippen molar-refractivity contribution in [2.24, 2.45) is 0 Å². The summed E-state index contributed by atoms with van der Waals surface area (Å²) in [5, 5.41) is 9.62. The van der Waals surface area contributed by atoms with Crippen molar-refractivity contribution in [2.45, 2.75) is 32.1 Å². The van der Waals surface area contributed by atoms with Gasteiger partial charge >= 0.3 is 0 Å². The summed E-state index contributed by atoms with van der Waals surface area (Å²) in [5.74, 6) is 0.631. The maximum atomic E-state index is 12.5. The first kappa shape index (κ1) is 23.2. The van der Waals surface area contributed by atoms with Gasteiger partial charge in [-0.3, -0.25) is 14.4 Å². The molecule has 0 radical (unpaired) electrons. The van der Waals surface area contributed by atoms with Gasteiger partial charge < -0.3 is 20.1 Å². The Morgan fingerprint density at radius 2 is 1.82 bits per heavy atom. The van der Waals surface area contributed by atoms with E-state index in [-0.39, 0.29) is 30.2 Å². The number of carbonyl (C=O) groups is 3. The molecule has 176 valence electrons. The van der Waals surface area contributed by atoms with Crippen LogP contribution >= 0.6 is 0 Å². The Bertz CT molecular complexity index is 1150. The number of carbonyl (C=O) groups excluding carboxylic acids is 3. The zero-order valence-corrected chi connectivity index (χ0v) is 19.0. The van der Waals surface area contributed by atoms with Crippen molar-refractivity contribution in [2.75, 3.05) is 25.0 Å². The van der Waals surface area contributed by atoms with Crippen molar-refractivity contribution in [1.82, 2.24) is 20.4 Å². The molecule has 4 rings (SSSR count). The van der Waals surface area contributed by atoms with E-state index >= 15 is 0 Å². The number of hydrogen-bond donors (Lipinski definition) is 2. The van der Waals surface area contributed by atoms with E-state index in [1.807, 2.05) is 30.3 Å². The van der Waals surface area contributed by atoms with E-state index in [2.05, 4.69) is 20.8 Å². The van der Waals surface area contributed by atoms with E-state index < -0.39 is 0 Å². The molecule has 1 aromatic heterocycles. The lowest BCUT2D eigenvalue weighted by Gasteiger charge is -2.30. The molecule has 3 aromatic rings. The van der Waals surface area contributed by atoms with Crippen molar-refractivity contribution in [3.05, 3.63) is 66.1 Å². The van der Waals surface area contributed by atoms with E-state index in [9.17, 15) is 14.4 Å². The van der Waals surface area contributed by atoms with Crippen LogP contribution in [0.2, 0.25) is 0 Å². The number of anilines is 1. The smallest absolute Gasteiger partial charge is 0.251 e. The first-order valence-corrected chi connectivity index (χ1v) is 11.4. The lowest BCUT2D eigenvalue weighted by molar-refractivity contribution is -0.131. The molecule has 1 fully saturated rings. The van der Waals surface area contributed by atoms with E-state index in [0.29, 0.717) is 55.3 Å². The SMILES string of the molecule is CCC(=O)Nc1cccc(-c2noc(C3CCN(C(=O)CNC(=O)c4ccccc4)CC3)n2)c1. The van der Waals surface area contributed by atoms with Gasteiger partial charge in [0, 0.05) is 42.2 Å². The highest BCUT2D eigenvalue weighted by molar-refractivity contribution is 5.96. The zero-order valence-electron chi connectivity index (χ0n) is 19.0. The molecular formula is C25H27N5O4. The Morgan fingerprint density at radius 1 is 1.06 bits per heavy atom. The monoisotopic (exact) mass is 461 g/mol. The quantitative estimate of drug-likeness (QED) is 0.558. The van der Waals surface area contributed by atoms with Gasteiger partial charge in [-0.2, -0.15) is 4.98 Å². The number of nitrogens with zero attached hydrogens (tertiary/aromatic N) is 3. The molecule has 1 aliphatic rings. The van der Waals surface area contributed by atoms with Gasteiger partial charge in [-0.05, 0) is 37.1 Å². The molecule has 2 N–H and O–H groups in total. The summed E-state index contributed by atoms with van der Waals surface area (Å²) >= 11 is 0. The molecule has 2 aromatic carbocycles. The average Bonchev–Trinajstić information content (AvgIpc) is 3.38. The first-order valence-electron chi connectivity index (χ1n) is 11.4. The third kappa shape index (κ3) is 5.67. The number of aromatic nitrogens is 2. The molecule has 0 unspecified atom stereocenters. The second-order valence-corrected chi connectivity index (χ2v) is 8.14. The van der Waals surface area contributed by atoms with E-state index in [4.69, 9.17) is 4.52 Å². The van der Waals surface area contributed by atoms with Crippen LogP contribution in [0.25, 0.3) is 11.4 Å². The van der Waals surface area contributed by atoms with Crippen molar-refractivity contribution >= 4 is 23.4 Å². The lowest BCUT2D eigenvalue weighted by Crippen LogP contribution is -2.43. The number of likely N-dealkylation sites (tertiary alicyclic amines) is 1. The van der Waals surface area contributed by atoms with Crippen molar-refractivity contribution in [3.63, 3.8) is 0 Å². The van der Waals surface area contributed by atoms with Gasteiger partial charge in [0.05, 0.1) is 6.54 Å². The number of benzene rings is 2. The summed E-state index contributed by atoms with van der Waals surface area (Å²) in [5.41, 5.74) is 1.96. The van der Waals surface area contributed by atoms with Crippen LogP contribution in [0.5, 0.6) is 0 Å². The van der Waals surface area contributed by atoms with Gasteiger partial charge in [0.25, 0.3) is 5.91 Å². The van der Waals surface area contributed by atoms with Crippen molar-refractivity contribution in [3.8, 4) is 11.4 Å². The van der Waals surface area contributed by atoms with Crippen LogP contribution < -0.4 is 10.6 Å². The maximum Gasteiger partial charge on any atom is 0.251 e. The van der Waals surface area contributed by atoms with Gasteiger partial charge in [0.2, 0.25) is 23.5 Å². The Labute approximate surface area is 197 Å². The maximum absolute atomic E-state index is 12.5. The average molecular weight is 462 g/mol. The van der Waals surface area contributed by atoms with Crippen LogP contribution in [-0.2, 0) is 9.59 Å². The zero-order chi connectivity index (χ0) is 23.9. The number of nitrogens with one attached hydrogen (secondary N) is 2. The molecular weight excluding hydrogens is 434 g/mol. The van der Waals surface area contributed by atoms with Crippen LogP contribution in [0, 0.1) is 0 Å². The second-order valence-electron chi connectivity index (χ2n) is 8.14. The second kappa shape index (κ2) is 10.7. The van der Waals surface area contributed by atoms with Gasteiger partial charge in [-0.15, -0.1) is 0 Å². The Morgan fingerprint density at radius 3 is 2.56 bits per heavy atom. The van der Waals surface area contributed by atoms with E-state index in [1.54, 1.807) is 36.1 Å². The summed E-state index contributed by atoms with van der Waals surface area (Å²) in [6, 6.07) is 16.1. The minimum Gasteiger partial charge on any atom is -0.343 e. The number of rotatable bonds is 7. The standard InChI is InChI=1S/C25H27N5O4/c1-2-21(31)27-20-10-6-9-19(15-20)23-28-25(34-29-23)18-11-13-30(14-12-18)22(32)16-26-24(33)17-7-4-3-5-8-17/h3-10,15,18H,2,11-14,16H2,1H3,(H,26,33)(H,27,31). The third-order valence-electron chi connectivity index (χ3n) is 5.80. The predicted octanol–water partition coefficient (Wildman–Crippen LogP) is 3.22. The highest BCUT2D eigenvalue weighted by Crippen LogP contribution is 2.29. The van der Waals surface area contributed by atoms with Gasteiger partial charge in [0.1, 0.15) is 0 Å². The molecule has 0 bridgehead atoms. The van der Waals surface area contributed by atoms with Gasteiger partial charge in [0.15, 0.2) is 0 Å². The van der Waals surface area contributed by atoms with E-state index in [1.165, 1.54) is 0 Å². The van der Waals surface area contributed by atoms with Crippen molar-refractivity contribution < 1.29 is 18.9 Å². The topological polar surface area (TPSA) is 117 Å². The summed E-state index contributed by atoms with van der Waals surface area (Å²) in [6.45, 7) is 2.88. The number of hydrogen-bond acceptors (Lipinski definition) is 6. The normalized spacial score (nSPS) is 14.0. The molecule has 2 heterocycles. The van der Waals surface area contributed by atoms with Crippen LogP contribution in [0.1, 0.15) is 48.4 Å². The van der Waals surface area contributed by atoms with Gasteiger partial charge in [-0.1, -0.05) is 42.4 Å². The minimum atomic E-state index is -0.263. The minimum absolute atomic E-state index is 0.0337.